The molecular weight excluding hydrogens is 615 g/mol. The summed E-state index contributed by atoms with van der Waals surface area (Å²) in [6, 6.07) is 0. The SMILES string of the molecule is C#CC1(COC(=O)CCCCCCCCCCCCC)O[C@@H](CC2C=Nc3c(N)nc(F)nc3CC2)C[C@@H]1OC(=O)OCCCCCC. The summed E-state index contributed by atoms with van der Waals surface area (Å²) >= 11 is 0. The van der Waals surface area contributed by atoms with E-state index in [-0.39, 0.29) is 37.3 Å². The molecule has 11 heteroatoms. The molecule has 0 bridgehead atoms. The molecule has 3 heterocycles. The molecule has 2 aliphatic heterocycles. The maximum Gasteiger partial charge on any atom is 0.508 e. The van der Waals surface area contributed by atoms with Gasteiger partial charge in [-0.15, -0.1) is 6.42 Å². The zero-order valence-electron chi connectivity index (χ0n) is 29.2. The van der Waals surface area contributed by atoms with Gasteiger partial charge in [0, 0.05) is 19.1 Å². The van der Waals surface area contributed by atoms with Gasteiger partial charge >= 0.3 is 18.2 Å². The number of ether oxygens (including phenoxy) is 4. The lowest BCUT2D eigenvalue weighted by atomic mass is 9.93. The summed E-state index contributed by atoms with van der Waals surface area (Å²) in [5.41, 5.74) is 5.25. The average molecular weight is 673 g/mol. The molecule has 268 valence electrons. The van der Waals surface area contributed by atoms with Gasteiger partial charge in [0.05, 0.1) is 18.4 Å². The zero-order valence-corrected chi connectivity index (χ0v) is 29.2. The number of terminal acetylenes is 1. The van der Waals surface area contributed by atoms with Crippen molar-refractivity contribution in [2.75, 3.05) is 18.9 Å². The molecule has 0 radical (unpaired) electrons. The molecule has 10 nitrogen and oxygen atoms in total. The molecule has 0 saturated carbocycles. The van der Waals surface area contributed by atoms with E-state index in [4.69, 9.17) is 31.1 Å². The van der Waals surface area contributed by atoms with Gasteiger partial charge in [-0.05, 0) is 38.0 Å². The maximum atomic E-state index is 13.8. The predicted octanol–water partition coefficient (Wildman–Crippen LogP) is 8.36. The van der Waals surface area contributed by atoms with Crippen molar-refractivity contribution in [2.24, 2.45) is 10.9 Å². The highest BCUT2D eigenvalue weighted by Crippen LogP contribution is 2.38. The Morgan fingerprint density at radius 3 is 2.29 bits per heavy atom. The average Bonchev–Trinajstić information content (AvgIpc) is 3.26. The monoisotopic (exact) mass is 672 g/mol. The summed E-state index contributed by atoms with van der Waals surface area (Å²) in [6.07, 6.45) is 23.8. The summed E-state index contributed by atoms with van der Waals surface area (Å²) in [4.78, 5) is 37.3. The summed E-state index contributed by atoms with van der Waals surface area (Å²) in [7, 11) is 0. The number of carbonyl (C=O) groups excluding carboxylic acids is 2. The highest BCUT2D eigenvalue weighted by molar-refractivity contribution is 5.73. The first kappa shape index (κ1) is 39.2. The Hall–Kier alpha value is -3.26. The number of nitrogens with two attached hydrogens (primary N) is 1. The molecule has 1 aromatic rings. The molecule has 2 aliphatic rings. The number of carbonyl (C=O) groups is 2. The maximum absolute atomic E-state index is 13.8. The molecule has 2 unspecified atom stereocenters. The summed E-state index contributed by atoms with van der Waals surface area (Å²) < 4.78 is 36.8. The van der Waals surface area contributed by atoms with E-state index >= 15 is 0 Å². The van der Waals surface area contributed by atoms with Crippen LogP contribution in [0.5, 0.6) is 0 Å². The Balaban J connectivity index is 1.52. The van der Waals surface area contributed by atoms with E-state index in [1.165, 1.54) is 51.4 Å². The molecule has 1 aromatic heterocycles. The van der Waals surface area contributed by atoms with Gasteiger partial charge < -0.3 is 24.7 Å². The standard InChI is InChI=1S/C37H57FN4O6/c1-4-7-9-11-12-13-14-15-16-17-18-20-32(43)46-27-37(6-3)31(47-36(44)45-23-19-10-8-5-2)25-29(48-37)24-28-21-22-30-33(40-26-28)34(39)42-35(38)41-30/h3,26,28-29,31H,4-5,7-25,27H2,1-2H3,(H2,39,41,42)/t28?,29-,31-,37?/m0/s1. The smallest absolute Gasteiger partial charge is 0.461 e. The Morgan fingerprint density at radius 1 is 0.979 bits per heavy atom. The largest absolute Gasteiger partial charge is 0.508 e. The van der Waals surface area contributed by atoms with Crippen molar-refractivity contribution in [3.8, 4) is 12.3 Å². The van der Waals surface area contributed by atoms with Crippen LogP contribution in [0.2, 0.25) is 0 Å². The van der Waals surface area contributed by atoms with E-state index in [1.807, 2.05) is 0 Å². The van der Waals surface area contributed by atoms with Gasteiger partial charge in [-0.3, -0.25) is 9.79 Å². The normalized spacial score (nSPS) is 21.7. The number of hydrogen-bond donors (Lipinski definition) is 1. The Bertz CT molecular complexity index is 1210. The first-order chi connectivity index (χ1) is 23.3. The number of aryl methyl sites for hydroxylation is 1. The number of nitrogens with zero attached hydrogens (tertiary/aromatic N) is 3. The lowest BCUT2D eigenvalue weighted by Gasteiger charge is -2.28. The Morgan fingerprint density at radius 2 is 1.62 bits per heavy atom. The van der Waals surface area contributed by atoms with Gasteiger partial charge in [-0.2, -0.15) is 9.37 Å². The number of anilines is 1. The summed E-state index contributed by atoms with van der Waals surface area (Å²) in [5.74, 6) is 2.21. The van der Waals surface area contributed by atoms with E-state index in [1.54, 1.807) is 6.21 Å². The number of aliphatic imine (C=N–C) groups is 1. The molecule has 2 N–H and O–H groups in total. The highest BCUT2D eigenvalue weighted by atomic mass is 19.1. The van der Waals surface area contributed by atoms with Gasteiger partial charge in [-0.25, -0.2) is 9.78 Å². The minimum atomic E-state index is -1.46. The number of halogens is 1. The molecule has 1 saturated heterocycles. The second kappa shape index (κ2) is 21.7. The number of hydrogen-bond acceptors (Lipinski definition) is 10. The third-order valence-corrected chi connectivity index (χ3v) is 9.19. The lowest BCUT2D eigenvalue weighted by molar-refractivity contribution is -0.155. The number of aromatic nitrogens is 2. The molecule has 0 spiro atoms. The van der Waals surface area contributed by atoms with Gasteiger partial charge in [0.15, 0.2) is 17.5 Å². The van der Waals surface area contributed by atoms with Crippen molar-refractivity contribution in [3.63, 3.8) is 0 Å². The van der Waals surface area contributed by atoms with Crippen LogP contribution in [0.1, 0.15) is 142 Å². The van der Waals surface area contributed by atoms with Crippen LogP contribution < -0.4 is 5.73 Å². The van der Waals surface area contributed by atoms with Crippen LogP contribution in [0.3, 0.4) is 0 Å². The van der Waals surface area contributed by atoms with Crippen LogP contribution in [0.4, 0.5) is 20.7 Å². The third kappa shape index (κ3) is 13.3. The van der Waals surface area contributed by atoms with Crippen LogP contribution in [0.15, 0.2) is 4.99 Å². The second-order valence-corrected chi connectivity index (χ2v) is 13.2. The lowest BCUT2D eigenvalue weighted by Crippen LogP contribution is -2.45. The van der Waals surface area contributed by atoms with E-state index < -0.39 is 30.0 Å². The quantitative estimate of drug-likeness (QED) is 0.0558. The third-order valence-electron chi connectivity index (χ3n) is 9.19. The minimum Gasteiger partial charge on any atom is -0.461 e. The van der Waals surface area contributed by atoms with Gasteiger partial charge in [0.25, 0.3) is 0 Å². The van der Waals surface area contributed by atoms with E-state index in [0.29, 0.717) is 37.1 Å². The van der Waals surface area contributed by atoms with Crippen molar-refractivity contribution in [1.29, 1.82) is 0 Å². The first-order valence-electron chi connectivity index (χ1n) is 18.3. The van der Waals surface area contributed by atoms with Gasteiger partial charge in [0.1, 0.15) is 12.3 Å². The highest BCUT2D eigenvalue weighted by Gasteiger charge is 2.52. The molecule has 0 aromatic carbocycles. The molecule has 0 aliphatic carbocycles. The number of nitrogen functional groups attached to an aromatic ring is 1. The fourth-order valence-corrected chi connectivity index (χ4v) is 6.36. The van der Waals surface area contributed by atoms with Crippen LogP contribution >= 0.6 is 0 Å². The summed E-state index contributed by atoms with van der Waals surface area (Å²) in [6.45, 7) is 4.36. The van der Waals surface area contributed by atoms with Crippen LogP contribution in [0.25, 0.3) is 0 Å². The molecule has 0 amide bonds. The zero-order chi connectivity index (χ0) is 34.6. The molecule has 48 heavy (non-hydrogen) atoms. The fourth-order valence-electron chi connectivity index (χ4n) is 6.36. The molecule has 3 rings (SSSR count). The van der Waals surface area contributed by atoms with Crippen molar-refractivity contribution >= 4 is 29.8 Å². The number of unbranched alkanes of at least 4 members (excludes halogenated alkanes) is 13. The van der Waals surface area contributed by atoms with E-state index in [0.717, 1.165) is 44.9 Å². The summed E-state index contributed by atoms with van der Waals surface area (Å²) in [5, 5.41) is 0. The van der Waals surface area contributed by atoms with E-state index in [2.05, 4.69) is 34.7 Å². The Labute approximate surface area is 286 Å². The van der Waals surface area contributed by atoms with Crippen LogP contribution in [-0.4, -0.2) is 59.3 Å². The van der Waals surface area contributed by atoms with Gasteiger partial charge in [-0.1, -0.05) is 103 Å². The van der Waals surface area contributed by atoms with Gasteiger partial charge in [0.2, 0.25) is 0 Å². The predicted molar refractivity (Wildman–Crippen MR) is 184 cm³/mol. The van der Waals surface area contributed by atoms with Crippen molar-refractivity contribution in [1.82, 2.24) is 9.97 Å². The topological polar surface area (TPSA) is 135 Å². The van der Waals surface area contributed by atoms with Crippen molar-refractivity contribution < 1.29 is 32.9 Å². The van der Waals surface area contributed by atoms with Crippen molar-refractivity contribution in [2.45, 2.75) is 160 Å². The molecule has 4 atom stereocenters. The van der Waals surface area contributed by atoms with Crippen LogP contribution in [0, 0.1) is 24.3 Å². The second-order valence-electron chi connectivity index (χ2n) is 13.2. The van der Waals surface area contributed by atoms with Crippen molar-refractivity contribution in [3.05, 3.63) is 11.8 Å². The van der Waals surface area contributed by atoms with Crippen LogP contribution in [-0.2, 0) is 30.2 Å². The molecule has 1 fully saturated rings. The minimum absolute atomic E-state index is 0.00508. The Kier molecular flexibility index (Phi) is 17.7. The number of fused-ring (bicyclic) bond motifs is 1. The first-order valence-corrected chi connectivity index (χ1v) is 18.3. The number of esters is 1. The number of rotatable bonds is 22. The fraction of sp³-hybridized carbons (Fsp3) is 0.757. The van der Waals surface area contributed by atoms with E-state index in [9.17, 15) is 14.0 Å². The molecular formula is C37H57FN4O6.